The van der Waals surface area contributed by atoms with E-state index < -0.39 is 0 Å². The summed E-state index contributed by atoms with van der Waals surface area (Å²) in [5.41, 5.74) is 3.42. The molecule has 27 heavy (non-hydrogen) atoms. The van der Waals surface area contributed by atoms with Gasteiger partial charge in [0.2, 0.25) is 0 Å². The Labute approximate surface area is 168 Å². The van der Waals surface area contributed by atoms with Crippen molar-refractivity contribution in [3.05, 3.63) is 58.1 Å². The van der Waals surface area contributed by atoms with Gasteiger partial charge in [0, 0.05) is 23.7 Å². The van der Waals surface area contributed by atoms with Crippen LogP contribution in [-0.2, 0) is 13.2 Å². The predicted molar refractivity (Wildman–Crippen MR) is 112 cm³/mol. The van der Waals surface area contributed by atoms with Gasteiger partial charge in [0.1, 0.15) is 6.61 Å². The molecule has 0 radical (unpaired) electrons. The minimum atomic E-state index is 0.498. The second-order valence-corrected chi connectivity index (χ2v) is 7.72. The van der Waals surface area contributed by atoms with Gasteiger partial charge in [-0.15, -0.1) is 0 Å². The lowest BCUT2D eigenvalue weighted by atomic mass is 9.95. The molecule has 0 bridgehead atoms. The Balaban J connectivity index is 1.68. The minimum Gasteiger partial charge on any atom is -0.490 e. The predicted octanol–water partition coefficient (Wildman–Crippen LogP) is 6.05. The van der Waals surface area contributed by atoms with Crippen LogP contribution in [0.4, 0.5) is 0 Å². The number of nitrogens with one attached hydrogen (secondary N) is 1. The molecule has 0 saturated heterocycles. The zero-order valence-corrected chi connectivity index (χ0v) is 17.1. The smallest absolute Gasteiger partial charge is 0.163 e. The van der Waals surface area contributed by atoms with Crippen molar-refractivity contribution in [3.63, 3.8) is 0 Å². The lowest BCUT2D eigenvalue weighted by Gasteiger charge is -2.23. The van der Waals surface area contributed by atoms with Crippen LogP contribution in [0, 0.1) is 6.92 Å². The maximum Gasteiger partial charge on any atom is 0.163 e. The molecule has 2 aromatic carbocycles. The average molecular weight is 388 g/mol. The number of hydrogen-bond acceptors (Lipinski definition) is 3. The molecule has 2 aromatic rings. The van der Waals surface area contributed by atoms with Crippen LogP contribution in [0.5, 0.6) is 11.5 Å². The first-order chi connectivity index (χ1) is 13.2. The monoisotopic (exact) mass is 387 g/mol. The first-order valence-electron chi connectivity index (χ1n) is 10.0. The molecule has 1 fully saturated rings. The topological polar surface area (TPSA) is 30.5 Å². The molecule has 0 atom stereocenters. The van der Waals surface area contributed by atoms with E-state index in [1.54, 1.807) is 0 Å². The van der Waals surface area contributed by atoms with E-state index in [2.05, 4.69) is 30.4 Å². The Morgan fingerprint density at radius 1 is 1.04 bits per heavy atom. The zero-order valence-electron chi connectivity index (χ0n) is 16.4. The highest BCUT2D eigenvalue weighted by molar-refractivity contribution is 6.31. The first kappa shape index (κ1) is 20.0. The van der Waals surface area contributed by atoms with Gasteiger partial charge in [0.15, 0.2) is 11.5 Å². The Hall–Kier alpha value is -1.71. The van der Waals surface area contributed by atoms with Crippen LogP contribution >= 0.6 is 11.6 Å². The molecule has 3 rings (SSSR count). The van der Waals surface area contributed by atoms with E-state index in [0.29, 0.717) is 25.0 Å². The molecule has 1 saturated carbocycles. The molecule has 3 nitrogen and oxygen atoms in total. The normalized spacial score (nSPS) is 14.9. The minimum absolute atomic E-state index is 0.498. The van der Waals surface area contributed by atoms with Crippen molar-refractivity contribution >= 4 is 11.6 Å². The largest absolute Gasteiger partial charge is 0.490 e. The van der Waals surface area contributed by atoms with Crippen LogP contribution in [0.3, 0.4) is 0 Å². The summed E-state index contributed by atoms with van der Waals surface area (Å²) in [4.78, 5) is 0. The van der Waals surface area contributed by atoms with Crippen molar-refractivity contribution in [2.24, 2.45) is 0 Å². The van der Waals surface area contributed by atoms with E-state index in [0.717, 1.165) is 28.4 Å². The fraction of sp³-hybridized carbons (Fsp3) is 0.478. The van der Waals surface area contributed by atoms with E-state index in [4.69, 9.17) is 21.1 Å². The second-order valence-electron chi connectivity index (χ2n) is 7.32. The third-order valence-corrected chi connectivity index (χ3v) is 5.43. The van der Waals surface area contributed by atoms with Gasteiger partial charge in [-0.05, 0) is 43.9 Å². The number of ether oxygens (including phenoxy) is 2. The third-order valence-electron chi connectivity index (χ3n) is 5.08. The molecule has 0 heterocycles. The molecule has 1 aliphatic rings. The van der Waals surface area contributed by atoms with Gasteiger partial charge in [0.25, 0.3) is 0 Å². The van der Waals surface area contributed by atoms with Gasteiger partial charge < -0.3 is 14.8 Å². The lowest BCUT2D eigenvalue weighted by Crippen LogP contribution is -2.30. The van der Waals surface area contributed by atoms with Crippen molar-refractivity contribution < 1.29 is 9.47 Å². The van der Waals surface area contributed by atoms with Gasteiger partial charge in [-0.3, -0.25) is 0 Å². The molecular weight excluding hydrogens is 358 g/mol. The Bertz CT molecular complexity index is 741. The lowest BCUT2D eigenvalue weighted by molar-refractivity contribution is 0.269. The fourth-order valence-electron chi connectivity index (χ4n) is 3.62. The molecule has 0 unspecified atom stereocenters. The summed E-state index contributed by atoms with van der Waals surface area (Å²) in [6, 6.07) is 12.8. The molecule has 146 valence electrons. The highest BCUT2D eigenvalue weighted by Crippen LogP contribution is 2.34. The van der Waals surface area contributed by atoms with Crippen LogP contribution in [0.2, 0.25) is 5.02 Å². The molecule has 0 amide bonds. The van der Waals surface area contributed by atoms with E-state index in [9.17, 15) is 0 Å². The number of hydrogen-bond donors (Lipinski definition) is 1. The van der Waals surface area contributed by atoms with Crippen molar-refractivity contribution in [3.8, 4) is 11.5 Å². The van der Waals surface area contributed by atoms with Crippen molar-refractivity contribution in [1.82, 2.24) is 5.32 Å². The van der Waals surface area contributed by atoms with Gasteiger partial charge >= 0.3 is 0 Å². The highest BCUT2D eigenvalue weighted by Gasteiger charge is 2.15. The Morgan fingerprint density at radius 3 is 2.56 bits per heavy atom. The van der Waals surface area contributed by atoms with Crippen LogP contribution < -0.4 is 14.8 Å². The number of aryl methyl sites for hydroxylation is 1. The van der Waals surface area contributed by atoms with Gasteiger partial charge in [0.05, 0.1) is 6.61 Å². The fourth-order valence-corrected chi connectivity index (χ4v) is 3.84. The van der Waals surface area contributed by atoms with Gasteiger partial charge in [-0.2, -0.15) is 0 Å². The SMILES string of the molecule is CCOc1cc(CNC2CCCCC2)c(Cl)cc1OCc1cccc(C)c1. The summed E-state index contributed by atoms with van der Waals surface area (Å²) in [7, 11) is 0. The van der Waals surface area contributed by atoms with E-state index in [1.807, 2.05) is 25.1 Å². The summed E-state index contributed by atoms with van der Waals surface area (Å²) >= 11 is 6.55. The number of rotatable bonds is 8. The van der Waals surface area contributed by atoms with E-state index in [-0.39, 0.29) is 0 Å². The number of halogens is 1. The molecule has 4 heteroatoms. The molecule has 1 aliphatic carbocycles. The van der Waals surface area contributed by atoms with E-state index in [1.165, 1.54) is 37.7 Å². The summed E-state index contributed by atoms with van der Waals surface area (Å²) in [5.74, 6) is 1.46. The second kappa shape index (κ2) is 10.0. The molecule has 0 spiro atoms. The standard InChI is InChI=1S/C23H30ClNO2/c1-3-26-22-13-19(15-25-20-10-5-4-6-11-20)21(24)14-23(22)27-16-18-9-7-8-17(2)12-18/h7-9,12-14,20,25H,3-6,10-11,15-16H2,1-2H3. The van der Waals surface area contributed by atoms with Crippen LogP contribution in [0.1, 0.15) is 55.7 Å². The van der Waals surface area contributed by atoms with Gasteiger partial charge in [-0.25, -0.2) is 0 Å². The van der Waals surface area contributed by atoms with Crippen LogP contribution in [0.25, 0.3) is 0 Å². The zero-order chi connectivity index (χ0) is 19.1. The van der Waals surface area contributed by atoms with Crippen LogP contribution in [-0.4, -0.2) is 12.6 Å². The summed E-state index contributed by atoms with van der Waals surface area (Å²) < 4.78 is 11.9. The maximum absolute atomic E-state index is 6.55. The highest BCUT2D eigenvalue weighted by atomic mass is 35.5. The molecule has 0 aromatic heterocycles. The van der Waals surface area contributed by atoms with Crippen LogP contribution in [0.15, 0.2) is 36.4 Å². The van der Waals surface area contributed by atoms with Crippen molar-refractivity contribution in [2.75, 3.05) is 6.61 Å². The maximum atomic E-state index is 6.55. The Morgan fingerprint density at radius 2 is 1.81 bits per heavy atom. The quantitative estimate of drug-likeness (QED) is 0.598. The molecular formula is C23H30ClNO2. The summed E-state index contributed by atoms with van der Waals surface area (Å²) in [6.45, 7) is 5.93. The van der Waals surface area contributed by atoms with Crippen molar-refractivity contribution in [1.29, 1.82) is 0 Å². The number of benzene rings is 2. The molecule has 1 N–H and O–H groups in total. The first-order valence-corrected chi connectivity index (χ1v) is 10.4. The van der Waals surface area contributed by atoms with E-state index >= 15 is 0 Å². The Kier molecular flexibility index (Phi) is 7.42. The molecule has 0 aliphatic heterocycles. The summed E-state index contributed by atoms with van der Waals surface area (Å²) in [5, 5.41) is 4.37. The average Bonchev–Trinajstić information content (AvgIpc) is 2.68. The summed E-state index contributed by atoms with van der Waals surface area (Å²) in [6.07, 6.45) is 6.52. The van der Waals surface area contributed by atoms with Crippen molar-refractivity contribution in [2.45, 2.75) is 65.1 Å². The van der Waals surface area contributed by atoms with Gasteiger partial charge in [-0.1, -0.05) is 60.7 Å². The third kappa shape index (κ3) is 5.88.